The number of pyridine rings is 1. The van der Waals surface area contributed by atoms with Crippen LogP contribution in [-0.4, -0.2) is 48.9 Å². The Hall–Kier alpha value is -1.62. The summed E-state index contributed by atoms with van der Waals surface area (Å²) in [6.07, 6.45) is 6.04. The number of hydrogen-bond donors (Lipinski definition) is 0. The first-order valence-corrected chi connectivity index (χ1v) is 6.63. The van der Waals surface area contributed by atoms with Crippen LogP contribution in [0.5, 0.6) is 0 Å². The molecule has 1 aromatic heterocycles. The van der Waals surface area contributed by atoms with Crippen LogP contribution in [0.4, 0.5) is 4.79 Å². The van der Waals surface area contributed by atoms with Crippen molar-refractivity contribution in [2.45, 2.75) is 25.4 Å². The lowest BCUT2D eigenvalue weighted by molar-refractivity contribution is 0.0337. The lowest BCUT2D eigenvalue weighted by Gasteiger charge is -2.30. The van der Waals surface area contributed by atoms with Gasteiger partial charge in [0.15, 0.2) is 0 Å². The van der Waals surface area contributed by atoms with Gasteiger partial charge >= 0.3 is 6.09 Å². The number of hydrogen-bond acceptors (Lipinski definition) is 4. The molecule has 0 saturated carbocycles. The molecular weight excluding hydrogens is 244 g/mol. The molecule has 1 amide bonds. The minimum atomic E-state index is -0.224. The second-order valence-corrected chi connectivity index (χ2v) is 4.65. The molecule has 5 heteroatoms. The summed E-state index contributed by atoms with van der Waals surface area (Å²) in [4.78, 5) is 17.6. The molecule has 0 aromatic carbocycles. The van der Waals surface area contributed by atoms with Crippen LogP contribution in [0.3, 0.4) is 0 Å². The Balaban J connectivity index is 1.67. The van der Waals surface area contributed by atoms with Gasteiger partial charge in [0.1, 0.15) is 0 Å². The van der Waals surface area contributed by atoms with E-state index in [-0.39, 0.29) is 12.2 Å². The summed E-state index contributed by atoms with van der Waals surface area (Å²) in [7, 11) is 1.71. The number of methoxy groups -OCH3 is 1. The van der Waals surface area contributed by atoms with Gasteiger partial charge in [-0.1, -0.05) is 6.07 Å². The molecule has 19 heavy (non-hydrogen) atoms. The number of aromatic nitrogens is 1. The first-order valence-electron chi connectivity index (χ1n) is 6.63. The molecule has 2 rings (SSSR count). The zero-order valence-corrected chi connectivity index (χ0v) is 11.2. The number of nitrogens with zero attached hydrogens (tertiary/aromatic N) is 2. The summed E-state index contributed by atoms with van der Waals surface area (Å²) in [6.45, 7) is 1.82. The summed E-state index contributed by atoms with van der Waals surface area (Å²) in [6, 6.07) is 3.86. The van der Waals surface area contributed by atoms with Crippen LogP contribution in [-0.2, 0) is 15.9 Å². The van der Waals surface area contributed by atoms with E-state index in [0.29, 0.717) is 26.1 Å². The molecule has 2 heterocycles. The fourth-order valence-corrected chi connectivity index (χ4v) is 2.17. The molecule has 0 spiro atoms. The van der Waals surface area contributed by atoms with E-state index in [0.717, 1.165) is 18.4 Å². The number of amides is 1. The zero-order chi connectivity index (χ0) is 13.5. The topological polar surface area (TPSA) is 51.7 Å². The lowest BCUT2D eigenvalue weighted by Crippen LogP contribution is -2.41. The third kappa shape index (κ3) is 4.21. The summed E-state index contributed by atoms with van der Waals surface area (Å²) in [5, 5.41) is 0. The summed E-state index contributed by atoms with van der Waals surface area (Å²) < 4.78 is 10.5. The Labute approximate surface area is 113 Å². The van der Waals surface area contributed by atoms with Crippen molar-refractivity contribution >= 4 is 6.09 Å². The minimum Gasteiger partial charge on any atom is -0.449 e. The quantitative estimate of drug-likeness (QED) is 0.833. The Morgan fingerprint density at radius 3 is 2.89 bits per heavy atom. The Bertz CT molecular complexity index is 389. The minimum absolute atomic E-state index is 0.224. The molecule has 0 aliphatic carbocycles. The maximum atomic E-state index is 11.8. The van der Waals surface area contributed by atoms with E-state index in [1.807, 2.05) is 12.1 Å². The lowest BCUT2D eigenvalue weighted by atomic mass is 10.1. The van der Waals surface area contributed by atoms with Crippen LogP contribution in [0.15, 0.2) is 24.5 Å². The highest BCUT2D eigenvalue weighted by atomic mass is 16.6. The first kappa shape index (κ1) is 13.8. The Morgan fingerprint density at radius 2 is 2.26 bits per heavy atom. The molecule has 1 fully saturated rings. The molecule has 0 N–H and O–H groups in total. The van der Waals surface area contributed by atoms with Gasteiger partial charge in [-0.2, -0.15) is 0 Å². The number of likely N-dealkylation sites (tertiary alicyclic amines) is 1. The number of rotatable bonds is 4. The van der Waals surface area contributed by atoms with E-state index >= 15 is 0 Å². The average Bonchev–Trinajstić information content (AvgIpc) is 2.48. The molecule has 1 aromatic rings. The number of carbonyl (C=O) groups is 1. The number of piperidine rings is 1. The van der Waals surface area contributed by atoms with Crippen LogP contribution in [0.25, 0.3) is 0 Å². The Morgan fingerprint density at radius 1 is 1.47 bits per heavy atom. The van der Waals surface area contributed by atoms with Crippen LogP contribution in [0.2, 0.25) is 0 Å². The van der Waals surface area contributed by atoms with Gasteiger partial charge in [0.2, 0.25) is 0 Å². The number of carbonyl (C=O) groups excluding carboxylic acids is 1. The predicted octanol–water partition coefficient (Wildman–Crippen LogP) is 1.87. The summed E-state index contributed by atoms with van der Waals surface area (Å²) in [5.74, 6) is 0. The van der Waals surface area contributed by atoms with Crippen molar-refractivity contribution in [2.24, 2.45) is 0 Å². The SMILES string of the molecule is COC1CCN(C(=O)OCCc2cccnc2)CC1. The third-order valence-electron chi connectivity index (χ3n) is 3.37. The van der Waals surface area contributed by atoms with E-state index in [9.17, 15) is 4.79 Å². The highest BCUT2D eigenvalue weighted by Crippen LogP contribution is 2.13. The summed E-state index contributed by atoms with van der Waals surface area (Å²) >= 11 is 0. The molecule has 0 unspecified atom stereocenters. The van der Waals surface area contributed by atoms with Gasteiger partial charge in [-0.3, -0.25) is 4.98 Å². The molecule has 0 radical (unpaired) electrons. The summed E-state index contributed by atoms with van der Waals surface area (Å²) in [5.41, 5.74) is 1.08. The molecule has 1 aliphatic heterocycles. The normalized spacial score (nSPS) is 16.4. The predicted molar refractivity (Wildman–Crippen MR) is 70.9 cm³/mol. The highest BCUT2D eigenvalue weighted by molar-refractivity contribution is 5.67. The van der Waals surface area contributed by atoms with Crippen molar-refractivity contribution in [3.05, 3.63) is 30.1 Å². The van der Waals surface area contributed by atoms with Crippen molar-refractivity contribution in [2.75, 3.05) is 26.8 Å². The van der Waals surface area contributed by atoms with E-state index in [1.165, 1.54) is 0 Å². The first-order chi connectivity index (χ1) is 9.29. The number of ether oxygens (including phenoxy) is 2. The van der Waals surface area contributed by atoms with Gasteiger partial charge in [0.05, 0.1) is 12.7 Å². The van der Waals surface area contributed by atoms with Crippen molar-refractivity contribution in [1.82, 2.24) is 9.88 Å². The van der Waals surface area contributed by atoms with Gasteiger partial charge < -0.3 is 14.4 Å². The molecule has 1 saturated heterocycles. The van der Waals surface area contributed by atoms with Crippen LogP contribution < -0.4 is 0 Å². The van der Waals surface area contributed by atoms with Crippen molar-refractivity contribution in [3.8, 4) is 0 Å². The molecular formula is C14H20N2O3. The van der Waals surface area contributed by atoms with E-state index < -0.39 is 0 Å². The van der Waals surface area contributed by atoms with Crippen LogP contribution in [0.1, 0.15) is 18.4 Å². The van der Waals surface area contributed by atoms with Crippen molar-refractivity contribution in [1.29, 1.82) is 0 Å². The second kappa shape index (κ2) is 7.09. The molecule has 104 valence electrons. The van der Waals surface area contributed by atoms with Crippen LogP contribution >= 0.6 is 0 Å². The van der Waals surface area contributed by atoms with E-state index in [4.69, 9.17) is 9.47 Å². The molecule has 1 aliphatic rings. The zero-order valence-electron chi connectivity index (χ0n) is 11.2. The maximum Gasteiger partial charge on any atom is 0.409 e. The molecule has 0 atom stereocenters. The monoisotopic (exact) mass is 264 g/mol. The molecule has 5 nitrogen and oxygen atoms in total. The fourth-order valence-electron chi connectivity index (χ4n) is 2.17. The third-order valence-corrected chi connectivity index (χ3v) is 3.37. The molecule has 0 bridgehead atoms. The van der Waals surface area contributed by atoms with E-state index in [1.54, 1.807) is 24.4 Å². The van der Waals surface area contributed by atoms with Gasteiger partial charge in [0.25, 0.3) is 0 Å². The van der Waals surface area contributed by atoms with Crippen LogP contribution in [0, 0.1) is 0 Å². The average molecular weight is 264 g/mol. The standard InChI is InChI=1S/C14H20N2O3/c1-18-13-4-8-16(9-5-13)14(17)19-10-6-12-3-2-7-15-11-12/h2-3,7,11,13H,4-6,8-10H2,1H3. The van der Waals surface area contributed by atoms with Crippen molar-refractivity contribution in [3.63, 3.8) is 0 Å². The van der Waals surface area contributed by atoms with Gasteiger partial charge in [0, 0.05) is 39.0 Å². The highest BCUT2D eigenvalue weighted by Gasteiger charge is 2.23. The van der Waals surface area contributed by atoms with Gasteiger partial charge in [-0.25, -0.2) is 4.79 Å². The maximum absolute atomic E-state index is 11.8. The van der Waals surface area contributed by atoms with Gasteiger partial charge in [-0.15, -0.1) is 0 Å². The second-order valence-electron chi connectivity index (χ2n) is 4.65. The Kier molecular flexibility index (Phi) is 5.15. The fraction of sp³-hybridized carbons (Fsp3) is 0.571. The largest absolute Gasteiger partial charge is 0.449 e. The van der Waals surface area contributed by atoms with Gasteiger partial charge in [-0.05, 0) is 24.5 Å². The van der Waals surface area contributed by atoms with E-state index in [2.05, 4.69) is 4.98 Å². The smallest absolute Gasteiger partial charge is 0.409 e. The van der Waals surface area contributed by atoms with Crippen molar-refractivity contribution < 1.29 is 14.3 Å².